The summed E-state index contributed by atoms with van der Waals surface area (Å²) in [6.07, 6.45) is 1.80. The van der Waals surface area contributed by atoms with Gasteiger partial charge < -0.3 is 0 Å². The van der Waals surface area contributed by atoms with E-state index in [0.717, 1.165) is 33.9 Å². The third-order valence-corrected chi connectivity index (χ3v) is 3.86. The second-order valence-corrected chi connectivity index (χ2v) is 5.67. The minimum absolute atomic E-state index is 0.432. The average molecular weight is 321 g/mol. The van der Waals surface area contributed by atoms with Crippen LogP contribution in [0.1, 0.15) is 5.69 Å². The summed E-state index contributed by atoms with van der Waals surface area (Å²) < 4.78 is 1.79. The van der Waals surface area contributed by atoms with E-state index in [4.69, 9.17) is 16.6 Å². The molecule has 0 N–H and O–H groups in total. The van der Waals surface area contributed by atoms with E-state index in [2.05, 4.69) is 10.1 Å². The molecule has 1 aromatic carbocycles. The molecule has 4 aromatic rings. The molecule has 0 atom stereocenters. The Morgan fingerprint density at radius 1 is 0.957 bits per heavy atom. The average Bonchev–Trinajstić information content (AvgIpc) is 2.94. The molecule has 112 valence electrons. The Morgan fingerprint density at radius 2 is 1.78 bits per heavy atom. The number of pyridine rings is 1. The zero-order valence-corrected chi connectivity index (χ0v) is 13.2. The minimum atomic E-state index is 0.432. The molecule has 23 heavy (non-hydrogen) atoms. The molecule has 0 radical (unpaired) electrons. The Morgan fingerprint density at radius 3 is 2.57 bits per heavy atom. The molecule has 0 bridgehead atoms. The number of aryl methyl sites for hydroxylation is 1. The zero-order chi connectivity index (χ0) is 15.8. The predicted octanol–water partition coefficient (Wildman–Crippen LogP) is 4.42. The van der Waals surface area contributed by atoms with Gasteiger partial charge >= 0.3 is 0 Å². The van der Waals surface area contributed by atoms with E-state index < -0.39 is 0 Å². The van der Waals surface area contributed by atoms with Crippen LogP contribution < -0.4 is 0 Å². The maximum absolute atomic E-state index is 6.09. The molecule has 3 aromatic heterocycles. The van der Waals surface area contributed by atoms with Crippen LogP contribution in [0.5, 0.6) is 0 Å². The maximum atomic E-state index is 6.09. The van der Waals surface area contributed by atoms with Crippen molar-refractivity contribution in [3.8, 4) is 22.5 Å². The number of halogens is 1. The van der Waals surface area contributed by atoms with Crippen molar-refractivity contribution < 1.29 is 0 Å². The Hall–Kier alpha value is -2.72. The van der Waals surface area contributed by atoms with Crippen LogP contribution in [0.2, 0.25) is 5.15 Å². The smallest absolute Gasteiger partial charge is 0.155 e. The first kappa shape index (κ1) is 13.9. The van der Waals surface area contributed by atoms with E-state index in [9.17, 15) is 0 Å². The van der Waals surface area contributed by atoms with Crippen molar-refractivity contribution in [2.45, 2.75) is 6.92 Å². The van der Waals surface area contributed by atoms with Gasteiger partial charge in [0.1, 0.15) is 10.8 Å². The molecule has 0 amide bonds. The van der Waals surface area contributed by atoms with E-state index in [0.29, 0.717) is 5.15 Å². The lowest BCUT2D eigenvalue weighted by molar-refractivity contribution is 0.942. The van der Waals surface area contributed by atoms with Crippen molar-refractivity contribution in [3.63, 3.8) is 0 Å². The van der Waals surface area contributed by atoms with Gasteiger partial charge in [-0.1, -0.05) is 41.9 Å². The van der Waals surface area contributed by atoms with Crippen molar-refractivity contribution in [3.05, 3.63) is 71.6 Å². The number of fused-ring (bicyclic) bond motifs is 1. The normalized spacial score (nSPS) is 11.0. The van der Waals surface area contributed by atoms with E-state index in [1.165, 1.54) is 0 Å². The molecule has 0 fully saturated rings. The van der Waals surface area contributed by atoms with Gasteiger partial charge in [-0.15, -0.1) is 0 Å². The van der Waals surface area contributed by atoms with Gasteiger partial charge in [-0.2, -0.15) is 5.10 Å². The highest BCUT2D eigenvalue weighted by Gasteiger charge is 2.17. The number of rotatable bonds is 2. The van der Waals surface area contributed by atoms with Crippen molar-refractivity contribution in [2.24, 2.45) is 0 Å². The number of nitrogens with zero attached hydrogens (tertiary/aromatic N) is 4. The summed E-state index contributed by atoms with van der Waals surface area (Å²) in [5.41, 5.74) is 5.55. The van der Waals surface area contributed by atoms with E-state index in [-0.39, 0.29) is 0 Å². The van der Waals surface area contributed by atoms with E-state index >= 15 is 0 Å². The molecular formula is C18H13ClN4. The highest BCUT2D eigenvalue weighted by Crippen LogP contribution is 2.32. The maximum Gasteiger partial charge on any atom is 0.155 e. The first-order valence-corrected chi connectivity index (χ1v) is 7.64. The van der Waals surface area contributed by atoms with Crippen LogP contribution in [0.15, 0.2) is 60.8 Å². The molecule has 4 rings (SSSR count). The lowest BCUT2D eigenvalue weighted by atomic mass is 10.1. The van der Waals surface area contributed by atoms with Crippen molar-refractivity contribution in [1.82, 2.24) is 19.6 Å². The topological polar surface area (TPSA) is 43.1 Å². The Bertz CT molecular complexity index is 993. The number of imidazole rings is 1. The summed E-state index contributed by atoms with van der Waals surface area (Å²) in [6, 6.07) is 17.7. The fourth-order valence-corrected chi connectivity index (χ4v) is 2.80. The largest absolute Gasteiger partial charge is 0.262 e. The molecule has 0 spiro atoms. The summed E-state index contributed by atoms with van der Waals surface area (Å²) >= 11 is 6.09. The molecule has 0 saturated carbocycles. The fourth-order valence-electron chi connectivity index (χ4n) is 2.66. The van der Waals surface area contributed by atoms with Gasteiger partial charge in [0.25, 0.3) is 0 Å². The Kier molecular flexibility index (Phi) is 3.32. The SMILES string of the molecule is Cc1cc(-c2c(-c3ccccc3)nc3ccc(Cl)nn23)ccn1. The van der Waals surface area contributed by atoms with Crippen LogP contribution in [0.25, 0.3) is 28.2 Å². The fraction of sp³-hybridized carbons (Fsp3) is 0.0556. The van der Waals surface area contributed by atoms with Crippen LogP contribution >= 0.6 is 11.6 Å². The third-order valence-electron chi connectivity index (χ3n) is 3.66. The van der Waals surface area contributed by atoms with Gasteiger partial charge in [0, 0.05) is 23.0 Å². The summed E-state index contributed by atoms with van der Waals surface area (Å²) in [7, 11) is 0. The first-order valence-electron chi connectivity index (χ1n) is 7.26. The molecule has 0 saturated heterocycles. The summed E-state index contributed by atoms with van der Waals surface area (Å²) in [5.74, 6) is 0. The predicted molar refractivity (Wildman–Crippen MR) is 91.4 cm³/mol. The zero-order valence-electron chi connectivity index (χ0n) is 12.4. The molecule has 0 aliphatic rings. The monoisotopic (exact) mass is 320 g/mol. The van der Waals surface area contributed by atoms with Crippen molar-refractivity contribution >= 4 is 17.2 Å². The summed E-state index contributed by atoms with van der Waals surface area (Å²) in [4.78, 5) is 9.03. The second-order valence-electron chi connectivity index (χ2n) is 5.29. The second kappa shape index (κ2) is 5.48. The molecule has 3 heterocycles. The number of aromatic nitrogens is 4. The number of hydrogen-bond donors (Lipinski definition) is 0. The Labute approximate surface area is 138 Å². The van der Waals surface area contributed by atoms with E-state index in [1.54, 1.807) is 16.8 Å². The standard InChI is InChI=1S/C18H13ClN4/c1-12-11-14(9-10-20-12)18-17(13-5-3-2-4-6-13)21-16-8-7-15(19)22-23(16)18/h2-11H,1H3. The number of hydrogen-bond acceptors (Lipinski definition) is 3. The van der Waals surface area contributed by atoms with Gasteiger partial charge in [-0.05, 0) is 31.2 Å². The summed E-state index contributed by atoms with van der Waals surface area (Å²) in [6.45, 7) is 1.97. The van der Waals surface area contributed by atoms with Crippen molar-refractivity contribution in [2.75, 3.05) is 0 Å². The molecule has 0 aliphatic carbocycles. The van der Waals surface area contributed by atoms with Crippen molar-refractivity contribution in [1.29, 1.82) is 0 Å². The molecule has 0 aliphatic heterocycles. The molecule has 5 heteroatoms. The van der Waals surface area contributed by atoms with Gasteiger partial charge in [0.15, 0.2) is 5.65 Å². The highest BCUT2D eigenvalue weighted by molar-refractivity contribution is 6.29. The van der Waals surface area contributed by atoms with Gasteiger partial charge in [0.05, 0.1) is 5.69 Å². The Balaban J connectivity index is 2.08. The molecule has 4 nitrogen and oxygen atoms in total. The molecule has 0 unspecified atom stereocenters. The molecular weight excluding hydrogens is 308 g/mol. The van der Waals surface area contributed by atoms with Crippen LogP contribution in [-0.2, 0) is 0 Å². The van der Waals surface area contributed by atoms with Crippen LogP contribution in [-0.4, -0.2) is 19.6 Å². The lowest BCUT2D eigenvalue weighted by Crippen LogP contribution is -1.95. The lowest BCUT2D eigenvalue weighted by Gasteiger charge is -2.06. The first-order chi connectivity index (χ1) is 11.2. The third kappa shape index (κ3) is 2.47. The highest BCUT2D eigenvalue weighted by atomic mass is 35.5. The van der Waals surface area contributed by atoms with E-state index in [1.807, 2.05) is 55.5 Å². The van der Waals surface area contributed by atoms with Crippen LogP contribution in [0.4, 0.5) is 0 Å². The van der Waals surface area contributed by atoms with Gasteiger partial charge in [0.2, 0.25) is 0 Å². The van der Waals surface area contributed by atoms with Gasteiger partial charge in [-0.25, -0.2) is 9.50 Å². The van der Waals surface area contributed by atoms with Gasteiger partial charge in [-0.3, -0.25) is 4.98 Å². The quantitative estimate of drug-likeness (QED) is 0.549. The van der Waals surface area contributed by atoms with Crippen LogP contribution in [0.3, 0.4) is 0 Å². The minimum Gasteiger partial charge on any atom is -0.262 e. The van der Waals surface area contributed by atoms with Crippen LogP contribution in [0, 0.1) is 6.92 Å². The number of benzene rings is 1. The summed E-state index contributed by atoms with van der Waals surface area (Å²) in [5, 5.41) is 4.86.